The zero-order valence-electron chi connectivity index (χ0n) is 8.38. The van der Waals surface area contributed by atoms with Crippen LogP contribution in [0.2, 0.25) is 0 Å². The van der Waals surface area contributed by atoms with Crippen molar-refractivity contribution in [2.24, 2.45) is 11.5 Å². The number of hydrogen-bond donors (Lipinski definition) is 4. The van der Waals surface area contributed by atoms with E-state index in [1.807, 2.05) is 0 Å². The van der Waals surface area contributed by atoms with E-state index in [4.69, 9.17) is 16.6 Å². The normalized spacial score (nSPS) is 13.6. The second kappa shape index (κ2) is 6.51. The number of hydrogen-bond acceptors (Lipinski definition) is 5. The van der Waals surface area contributed by atoms with Crippen molar-refractivity contribution in [3.05, 3.63) is 0 Å². The minimum Gasteiger partial charge on any atom is -0.481 e. The number of carbonyl (C=O) groups is 4. The fourth-order valence-electron chi connectivity index (χ4n) is 0.920. The number of primary amides is 1. The molecule has 0 spiro atoms. The second-order valence-electron chi connectivity index (χ2n) is 3.13. The number of rotatable bonds is 7. The quantitative estimate of drug-likeness (QED) is 0.351. The molecule has 0 fully saturated rings. The highest BCUT2D eigenvalue weighted by atomic mass is 16.4. The average Bonchev–Trinajstić information content (AvgIpc) is 2.14. The molecule has 6 N–H and O–H groups in total. The first kappa shape index (κ1) is 14.0. The van der Waals surface area contributed by atoms with Gasteiger partial charge in [0.1, 0.15) is 6.29 Å². The summed E-state index contributed by atoms with van der Waals surface area (Å²) in [6.45, 7) is 0. The van der Waals surface area contributed by atoms with Gasteiger partial charge in [-0.25, -0.2) is 0 Å². The summed E-state index contributed by atoms with van der Waals surface area (Å²) in [7, 11) is 0. The van der Waals surface area contributed by atoms with E-state index in [1.165, 1.54) is 0 Å². The Labute approximate surface area is 91.0 Å². The van der Waals surface area contributed by atoms with Gasteiger partial charge in [-0.1, -0.05) is 0 Å². The van der Waals surface area contributed by atoms with Gasteiger partial charge >= 0.3 is 5.97 Å². The summed E-state index contributed by atoms with van der Waals surface area (Å²) in [6, 6.07) is -2.35. The topological polar surface area (TPSA) is 153 Å². The lowest BCUT2D eigenvalue weighted by Gasteiger charge is -2.14. The summed E-state index contributed by atoms with van der Waals surface area (Å²) in [6.07, 6.45) is -0.633. The Morgan fingerprint density at radius 3 is 2.25 bits per heavy atom. The molecule has 0 aromatic carbocycles. The summed E-state index contributed by atoms with van der Waals surface area (Å²) >= 11 is 0. The van der Waals surface area contributed by atoms with Gasteiger partial charge in [-0.15, -0.1) is 0 Å². The molecule has 0 saturated carbocycles. The lowest BCUT2D eigenvalue weighted by molar-refractivity contribution is -0.139. The number of aldehydes is 1. The third kappa shape index (κ3) is 5.70. The van der Waals surface area contributed by atoms with Crippen molar-refractivity contribution in [2.45, 2.75) is 24.9 Å². The molecule has 0 saturated heterocycles. The molecule has 16 heavy (non-hydrogen) atoms. The molecule has 2 atom stereocenters. The van der Waals surface area contributed by atoms with Gasteiger partial charge in [0.05, 0.1) is 24.9 Å². The van der Waals surface area contributed by atoms with E-state index in [2.05, 4.69) is 5.32 Å². The van der Waals surface area contributed by atoms with E-state index in [0.717, 1.165) is 0 Å². The zero-order chi connectivity index (χ0) is 12.7. The number of amides is 2. The molecule has 0 rings (SSSR count). The summed E-state index contributed by atoms with van der Waals surface area (Å²) in [4.78, 5) is 42.4. The Bertz CT molecular complexity index is 304. The molecule has 2 amide bonds. The third-order valence-corrected chi connectivity index (χ3v) is 1.64. The highest BCUT2D eigenvalue weighted by Crippen LogP contribution is 1.92. The standard InChI is InChI=1S/C8H13N3O5/c9-5(2-6(10)13)8(16)11-4(3-12)1-7(14)15/h3-5H,1-2,9H2,(H2,10,13)(H,11,16)(H,14,15)/t4-,5-/m0/s1. The number of nitrogens with one attached hydrogen (secondary N) is 1. The number of carbonyl (C=O) groups excluding carboxylic acids is 3. The van der Waals surface area contributed by atoms with Gasteiger partial charge in [-0.3, -0.25) is 14.4 Å². The minimum atomic E-state index is -1.24. The van der Waals surface area contributed by atoms with Gasteiger partial charge in [0.2, 0.25) is 11.8 Å². The highest BCUT2D eigenvalue weighted by molar-refractivity contribution is 5.89. The van der Waals surface area contributed by atoms with Crippen LogP contribution in [0.15, 0.2) is 0 Å². The molecule has 0 aliphatic carbocycles. The highest BCUT2D eigenvalue weighted by Gasteiger charge is 2.20. The van der Waals surface area contributed by atoms with Crippen molar-refractivity contribution in [3.63, 3.8) is 0 Å². The molecule has 0 aromatic heterocycles. The summed E-state index contributed by atoms with van der Waals surface area (Å²) in [5.41, 5.74) is 10.1. The molecule has 0 unspecified atom stereocenters. The number of carboxylic acid groups (broad SMARTS) is 1. The molecule has 0 aliphatic heterocycles. The number of aliphatic carboxylic acids is 1. The van der Waals surface area contributed by atoms with Crippen molar-refractivity contribution in [1.29, 1.82) is 0 Å². The number of carboxylic acids is 1. The van der Waals surface area contributed by atoms with Crippen molar-refractivity contribution >= 4 is 24.1 Å². The van der Waals surface area contributed by atoms with E-state index in [1.54, 1.807) is 0 Å². The number of nitrogens with two attached hydrogens (primary N) is 2. The van der Waals surface area contributed by atoms with Gasteiger partial charge in [0.15, 0.2) is 0 Å². The SMILES string of the molecule is NC(=O)C[C@H](N)C(=O)N[C@H](C=O)CC(=O)O. The van der Waals surface area contributed by atoms with Crippen LogP contribution in [0.25, 0.3) is 0 Å². The summed E-state index contributed by atoms with van der Waals surface area (Å²) in [5.74, 6) is -2.79. The molecular weight excluding hydrogens is 218 g/mol. The molecule has 8 heteroatoms. The monoisotopic (exact) mass is 231 g/mol. The largest absolute Gasteiger partial charge is 0.481 e. The van der Waals surface area contributed by atoms with Crippen LogP contribution in [0, 0.1) is 0 Å². The first-order chi connectivity index (χ1) is 7.36. The average molecular weight is 231 g/mol. The van der Waals surface area contributed by atoms with Crippen LogP contribution in [-0.2, 0) is 19.2 Å². The molecule has 0 aliphatic rings. The van der Waals surface area contributed by atoms with Crippen molar-refractivity contribution in [1.82, 2.24) is 5.32 Å². The van der Waals surface area contributed by atoms with Crippen molar-refractivity contribution < 1.29 is 24.3 Å². The van der Waals surface area contributed by atoms with Gasteiger partial charge in [-0.2, -0.15) is 0 Å². The molecule has 0 aromatic rings. The van der Waals surface area contributed by atoms with Gasteiger partial charge in [-0.05, 0) is 0 Å². The Morgan fingerprint density at radius 1 is 1.31 bits per heavy atom. The van der Waals surface area contributed by atoms with Crippen LogP contribution >= 0.6 is 0 Å². The molecule has 0 radical (unpaired) electrons. The molecule has 90 valence electrons. The zero-order valence-corrected chi connectivity index (χ0v) is 8.38. The Kier molecular flexibility index (Phi) is 5.71. The van der Waals surface area contributed by atoms with Crippen LogP contribution in [0.4, 0.5) is 0 Å². The minimum absolute atomic E-state index is 0.281. The summed E-state index contributed by atoms with van der Waals surface area (Å²) < 4.78 is 0. The first-order valence-corrected chi connectivity index (χ1v) is 4.38. The maximum atomic E-state index is 11.2. The third-order valence-electron chi connectivity index (χ3n) is 1.64. The Hall–Kier alpha value is -1.96. The smallest absolute Gasteiger partial charge is 0.305 e. The van der Waals surface area contributed by atoms with E-state index in [0.29, 0.717) is 0 Å². The van der Waals surface area contributed by atoms with E-state index in [-0.39, 0.29) is 12.7 Å². The molecule has 0 bridgehead atoms. The molecular formula is C8H13N3O5. The molecule has 8 nitrogen and oxygen atoms in total. The Balaban J connectivity index is 4.23. The van der Waals surface area contributed by atoms with Gasteiger partial charge < -0.3 is 26.7 Å². The second-order valence-corrected chi connectivity index (χ2v) is 3.13. The van der Waals surface area contributed by atoms with Crippen LogP contribution in [0.3, 0.4) is 0 Å². The van der Waals surface area contributed by atoms with Crippen LogP contribution < -0.4 is 16.8 Å². The van der Waals surface area contributed by atoms with Crippen molar-refractivity contribution in [2.75, 3.05) is 0 Å². The van der Waals surface area contributed by atoms with Crippen LogP contribution in [0.5, 0.6) is 0 Å². The van der Waals surface area contributed by atoms with E-state index >= 15 is 0 Å². The maximum Gasteiger partial charge on any atom is 0.305 e. The lowest BCUT2D eigenvalue weighted by Crippen LogP contribution is -2.48. The first-order valence-electron chi connectivity index (χ1n) is 4.38. The van der Waals surface area contributed by atoms with E-state index < -0.39 is 36.3 Å². The fraction of sp³-hybridized carbons (Fsp3) is 0.500. The summed E-state index contributed by atoms with van der Waals surface area (Å²) in [5, 5.41) is 10.5. The fourth-order valence-corrected chi connectivity index (χ4v) is 0.920. The van der Waals surface area contributed by atoms with Gasteiger partial charge in [0.25, 0.3) is 0 Å². The maximum absolute atomic E-state index is 11.2. The lowest BCUT2D eigenvalue weighted by atomic mass is 10.1. The van der Waals surface area contributed by atoms with E-state index in [9.17, 15) is 19.2 Å². The van der Waals surface area contributed by atoms with Crippen LogP contribution in [0.1, 0.15) is 12.8 Å². The predicted molar refractivity (Wildman–Crippen MR) is 52.0 cm³/mol. The van der Waals surface area contributed by atoms with Crippen LogP contribution in [-0.4, -0.2) is 41.3 Å². The predicted octanol–water partition coefficient (Wildman–Crippen LogP) is -2.65. The molecule has 0 heterocycles. The van der Waals surface area contributed by atoms with Crippen molar-refractivity contribution in [3.8, 4) is 0 Å². The van der Waals surface area contributed by atoms with Gasteiger partial charge in [0, 0.05) is 0 Å². The Morgan fingerprint density at radius 2 is 1.88 bits per heavy atom.